The Morgan fingerprint density at radius 2 is 1.53 bits per heavy atom. The maximum absolute atomic E-state index is 5.55. The zero-order valence-electron chi connectivity index (χ0n) is 12.0. The molecule has 0 rings (SSSR count). The van der Waals surface area contributed by atoms with Crippen LogP contribution in [0.5, 0.6) is 0 Å². The predicted molar refractivity (Wildman–Crippen MR) is 71.7 cm³/mol. The van der Waals surface area contributed by atoms with Crippen molar-refractivity contribution in [1.82, 2.24) is 0 Å². The van der Waals surface area contributed by atoms with Gasteiger partial charge in [-0.3, -0.25) is 0 Å². The van der Waals surface area contributed by atoms with E-state index in [0.29, 0.717) is 5.92 Å². The van der Waals surface area contributed by atoms with E-state index in [0.717, 1.165) is 11.8 Å². The second kappa shape index (κ2) is 7.80. The Kier molecular flexibility index (Phi) is 8.83. The second-order valence-electron chi connectivity index (χ2n) is 4.97. The van der Waals surface area contributed by atoms with Crippen LogP contribution in [0.1, 0.15) is 61.8 Å². The first-order valence-electron chi connectivity index (χ1n) is 6.34. The monoisotopic (exact) mass is 210 g/mol. The summed E-state index contributed by atoms with van der Waals surface area (Å²) in [5.74, 6) is 4.98. The molecule has 0 aliphatic rings. The first-order valence-corrected chi connectivity index (χ1v) is 6.34. The summed E-state index contributed by atoms with van der Waals surface area (Å²) < 4.78 is 0. The third kappa shape index (κ3) is 5.26. The second-order valence-corrected chi connectivity index (χ2v) is 4.97. The van der Waals surface area contributed by atoms with Crippen LogP contribution in [-0.4, -0.2) is 0 Å². The number of terminal acetylenes is 1. The lowest BCUT2D eigenvalue weighted by Crippen LogP contribution is -2.29. The summed E-state index contributed by atoms with van der Waals surface area (Å²) >= 11 is 0. The fraction of sp³-hybridized carbons (Fsp3) is 0.867. The molecule has 0 aromatic carbocycles. The average Bonchev–Trinajstić information content (AvgIpc) is 2.21. The molecule has 0 heterocycles. The molecule has 0 spiro atoms. The van der Waals surface area contributed by atoms with Crippen LogP contribution in [0.15, 0.2) is 0 Å². The molecule has 0 N–H and O–H groups in total. The maximum atomic E-state index is 5.55. The lowest BCUT2D eigenvalue weighted by molar-refractivity contribution is 0.165. The molecular formula is C15H30. The van der Waals surface area contributed by atoms with E-state index < -0.39 is 0 Å². The summed E-state index contributed by atoms with van der Waals surface area (Å²) in [6, 6.07) is 0. The number of rotatable bonds is 4. The lowest BCUT2D eigenvalue weighted by Gasteiger charge is -2.35. The van der Waals surface area contributed by atoms with Gasteiger partial charge in [-0.2, -0.15) is 0 Å². The minimum atomic E-state index is 0.0327. The van der Waals surface area contributed by atoms with Crippen LogP contribution in [0.3, 0.4) is 0 Å². The highest BCUT2D eigenvalue weighted by Gasteiger charge is 2.30. The molecule has 0 aromatic heterocycles. The molecule has 0 unspecified atom stereocenters. The Morgan fingerprint density at radius 1 is 1.13 bits per heavy atom. The van der Waals surface area contributed by atoms with Crippen LogP contribution in [0, 0.1) is 35.5 Å². The molecule has 0 amide bonds. The van der Waals surface area contributed by atoms with Gasteiger partial charge in [-0.05, 0) is 31.6 Å². The van der Waals surface area contributed by atoms with Gasteiger partial charge >= 0.3 is 0 Å². The van der Waals surface area contributed by atoms with Gasteiger partial charge in [0.05, 0.1) is 0 Å². The van der Waals surface area contributed by atoms with Gasteiger partial charge < -0.3 is 0 Å². The lowest BCUT2D eigenvalue weighted by atomic mass is 9.69. The predicted octanol–water partition coefficient (Wildman–Crippen LogP) is 4.99. The molecular weight excluding hydrogens is 180 g/mol. The van der Waals surface area contributed by atoms with E-state index in [4.69, 9.17) is 6.42 Å². The minimum absolute atomic E-state index is 0.0327. The Balaban J connectivity index is 0. The highest BCUT2D eigenvalue weighted by molar-refractivity contribution is 5.04. The van der Waals surface area contributed by atoms with Crippen LogP contribution >= 0.6 is 0 Å². The Hall–Kier alpha value is -0.440. The smallest absolute Gasteiger partial charge is 0.0284 e. The quantitative estimate of drug-likeness (QED) is 0.573. The molecule has 0 heteroatoms. The zero-order chi connectivity index (χ0) is 12.6. The Bertz CT molecular complexity index is 181. The highest BCUT2D eigenvalue weighted by atomic mass is 14.3. The van der Waals surface area contributed by atoms with Crippen molar-refractivity contribution in [1.29, 1.82) is 0 Å². The Morgan fingerprint density at radius 3 is 1.73 bits per heavy atom. The van der Waals surface area contributed by atoms with Crippen molar-refractivity contribution in [2.75, 3.05) is 0 Å². The van der Waals surface area contributed by atoms with Crippen LogP contribution in [0.25, 0.3) is 0 Å². The highest BCUT2D eigenvalue weighted by Crippen LogP contribution is 2.36. The van der Waals surface area contributed by atoms with Crippen molar-refractivity contribution in [2.45, 2.75) is 61.8 Å². The average molecular weight is 210 g/mol. The van der Waals surface area contributed by atoms with Crippen molar-refractivity contribution < 1.29 is 0 Å². The van der Waals surface area contributed by atoms with E-state index in [2.05, 4.69) is 47.5 Å². The van der Waals surface area contributed by atoms with E-state index in [1.54, 1.807) is 0 Å². The van der Waals surface area contributed by atoms with Crippen molar-refractivity contribution in [2.24, 2.45) is 23.2 Å². The number of hydrogen-bond acceptors (Lipinski definition) is 0. The van der Waals surface area contributed by atoms with Crippen LogP contribution in [-0.2, 0) is 0 Å². The molecule has 0 radical (unpaired) electrons. The van der Waals surface area contributed by atoms with E-state index in [1.807, 2.05) is 13.8 Å². The van der Waals surface area contributed by atoms with Gasteiger partial charge in [0.25, 0.3) is 0 Å². The van der Waals surface area contributed by atoms with Crippen LogP contribution in [0.4, 0.5) is 0 Å². The molecule has 15 heavy (non-hydrogen) atoms. The van der Waals surface area contributed by atoms with Gasteiger partial charge in [0.1, 0.15) is 0 Å². The fourth-order valence-electron chi connectivity index (χ4n) is 2.07. The molecule has 2 atom stereocenters. The maximum Gasteiger partial charge on any atom is 0.0284 e. The van der Waals surface area contributed by atoms with Gasteiger partial charge in [-0.15, -0.1) is 12.3 Å². The van der Waals surface area contributed by atoms with Crippen LogP contribution < -0.4 is 0 Å². The standard InChI is InChI=1S/C13H24.C2H6/c1-8-12(10(3)4)11(5)13(6,7)9-2;1-2/h2,10-12H,8H2,1,3-7H3;1-2H3/t11-,12+;/m0./s1. The molecule has 90 valence electrons. The van der Waals surface area contributed by atoms with Crippen molar-refractivity contribution >= 4 is 0 Å². The summed E-state index contributed by atoms with van der Waals surface area (Å²) in [6.07, 6.45) is 6.78. The van der Waals surface area contributed by atoms with E-state index >= 15 is 0 Å². The third-order valence-electron chi connectivity index (χ3n) is 3.48. The van der Waals surface area contributed by atoms with Crippen molar-refractivity contribution in [3.05, 3.63) is 0 Å². The van der Waals surface area contributed by atoms with Crippen LogP contribution in [0.2, 0.25) is 0 Å². The molecule has 0 nitrogen and oxygen atoms in total. The molecule has 0 aromatic rings. The van der Waals surface area contributed by atoms with Crippen molar-refractivity contribution in [3.63, 3.8) is 0 Å². The van der Waals surface area contributed by atoms with Gasteiger partial charge in [0, 0.05) is 5.41 Å². The topological polar surface area (TPSA) is 0 Å². The minimum Gasteiger partial charge on any atom is -0.120 e. The largest absolute Gasteiger partial charge is 0.120 e. The van der Waals surface area contributed by atoms with Gasteiger partial charge in [0.15, 0.2) is 0 Å². The van der Waals surface area contributed by atoms with Crippen molar-refractivity contribution in [3.8, 4) is 12.3 Å². The van der Waals surface area contributed by atoms with E-state index in [9.17, 15) is 0 Å². The third-order valence-corrected chi connectivity index (χ3v) is 3.48. The molecule has 0 saturated heterocycles. The Labute approximate surface area is 97.9 Å². The molecule has 0 saturated carbocycles. The van der Waals surface area contributed by atoms with E-state index in [1.165, 1.54) is 6.42 Å². The zero-order valence-corrected chi connectivity index (χ0v) is 12.0. The van der Waals surface area contributed by atoms with Gasteiger partial charge in [0.2, 0.25) is 0 Å². The summed E-state index contributed by atoms with van der Waals surface area (Å²) in [4.78, 5) is 0. The molecule has 0 fully saturated rings. The first-order chi connectivity index (χ1) is 6.86. The summed E-state index contributed by atoms with van der Waals surface area (Å²) in [5.41, 5.74) is 0.0327. The molecule has 0 bridgehead atoms. The number of hydrogen-bond donors (Lipinski definition) is 0. The van der Waals surface area contributed by atoms with E-state index in [-0.39, 0.29) is 5.41 Å². The normalized spacial score (nSPS) is 14.9. The fourth-order valence-corrected chi connectivity index (χ4v) is 2.07. The summed E-state index contributed by atoms with van der Waals surface area (Å²) in [6.45, 7) is 17.5. The van der Waals surface area contributed by atoms with Gasteiger partial charge in [-0.25, -0.2) is 0 Å². The summed E-state index contributed by atoms with van der Waals surface area (Å²) in [5, 5.41) is 0. The summed E-state index contributed by atoms with van der Waals surface area (Å²) in [7, 11) is 0. The molecule has 0 aliphatic carbocycles. The molecule has 0 aliphatic heterocycles. The van der Waals surface area contributed by atoms with Gasteiger partial charge in [-0.1, -0.05) is 48.0 Å². The SMILES string of the molecule is C#CC(C)(C)[C@@H](C)[C@H](CC)C(C)C.CC. The first kappa shape index (κ1) is 17.0.